The van der Waals surface area contributed by atoms with Crippen LogP contribution in [0.3, 0.4) is 0 Å². The van der Waals surface area contributed by atoms with E-state index in [9.17, 15) is 13.2 Å². The predicted molar refractivity (Wildman–Crippen MR) is 81.6 cm³/mol. The van der Waals surface area contributed by atoms with Crippen LogP contribution in [-0.2, 0) is 10.0 Å². The molecule has 1 aromatic rings. The predicted octanol–water partition coefficient (Wildman–Crippen LogP) is 1.90. The van der Waals surface area contributed by atoms with Crippen molar-refractivity contribution in [1.82, 2.24) is 10.0 Å². The summed E-state index contributed by atoms with van der Waals surface area (Å²) >= 11 is 0. The van der Waals surface area contributed by atoms with Crippen LogP contribution in [0.1, 0.15) is 44.0 Å². The maximum atomic E-state index is 12.0. The molecule has 5 nitrogen and oxygen atoms in total. The number of carbonyl (C=O) groups is 1. The summed E-state index contributed by atoms with van der Waals surface area (Å²) in [4.78, 5) is 12.2. The first kappa shape index (κ1) is 16.0. The van der Waals surface area contributed by atoms with E-state index in [4.69, 9.17) is 0 Å². The molecule has 1 atom stereocenters. The molecule has 1 amide bonds. The minimum absolute atomic E-state index is 0.0671. The molecule has 1 fully saturated rings. The summed E-state index contributed by atoms with van der Waals surface area (Å²) in [6, 6.07) is 6.18. The normalized spacial score (nSPS) is 16.8. The van der Waals surface area contributed by atoms with Crippen LogP contribution in [0.5, 0.6) is 0 Å². The third kappa shape index (κ3) is 4.28. The number of nitrogens with one attached hydrogen (secondary N) is 2. The fourth-order valence-corrected chi connectivity index (χ4v) is 3.04. The third-order valence-corrected chi connectivity index (χ3v) is 5.22. The zero-order chi connectivity index (χ0) is 15.6. The van der Waals surface area contributed by atoms with Gasteiger partial charge >= 0.3 is 0 Å². The topological polar surface area (TPSA) is 75.3 Å². The van der Waals surface area contributed by atoms with Crippen LogP contribution in [0.15, 0.2) is 29.2 Å². The number of benzene rings is 1. The molecule has 21 heavy (non-hydrogen) atoms. The average Bonchev–Trinajstić information content (AvgIpc) is 3.22. The highest BCUT2D eigenvalue weighted by molar-refractivity contribution is 7.89. The van der Waals surface area contributed by atoms with Crippen molar-refractivity contribution in [3.63, 3.8) is 0 Å². The van der Waals surface area contributed by atoms with Gasteiger partial charge in [0.05, 0.1) is 4.90 Å². The van der Waals surface area contributed by atoms with E-state index in [1.165, 1.54) is 12.1 Å². The molecule has 0 spiro atoms. The van der Waals surface area contributed by atoms with Crippen molar-refractivity contribution in [2.45, 2.75) is 50.6 Å². The first-order valence-corrected chi connectivity index (χ1v) is 8.71. The second kappa shape index (κ2) is 6.15. The molecule has 0 saturated heterocycles. The summed E-state index contributed by atoms with van der Waals surface area (Å²) < 4.78 is 26.7. The molecule has 1 aromatic carbocycles. The van der Waals surface area contributed by atoms with Gasteiger partial charge in [0.25, 0.3) is 5.91 Å². The molecule has 116 valence electrons. The Morgan fingerprint density at radius 1 is 1.14 bits per heavy atom. The number of rotatable bonds is 6. The molecule has 0 heterocycles. The molecular weight excluding hydrogens is 288 g/mol. The summed E-state index contributed by atoms with van der Waals surface area (Å²) in [7, 11) is -3.46. The van der Waals surface area contributed by atoms with Crippen LogP contribution in [-0.4, -0.2) is 26.4 Å². The van der Waals surface area contributed by atoms with Crippen LogP contribution >= 0.6 is 0 Å². The number of hydrogen-bond acceptors (Lipinski definition) is 3. The molecule has 0 aliphatic heterocycles. The summed E-state index contributed by atoms with van der Waals surface area (Å²) in [5, 5.41) is 2.89. The summed E-state index contributed by atoms with van der Waals surface area (Å²) in [6.07, 6.45) is 1.79. The smallest absolute Gasteiger partial charge is 0.251 e. The van der Waals surface area contributed by atoms with Gasteiger partial charge in [-0.2, -0.15) is 0 Å². The number of hydrogen-bond donors (Lipinski definition) is 2. The largest absolute Gasteiger partial charge is 0.349 e. The van der Waals surface area contributed by atoms with E-state index < -0.39 is 10.0 Å². The van der Waals surface area contributed by atoms with Gasteiger partial charge in [-0.15, -0.1) is 0 Å². The maximum Gasteiger partial charge on any atom is 0.251 e. The molecule has 0 aromatic heterocycles. The van der Waals surface area contributed by atoms with Crippen molar-refractivity contribution in [3.05, 3.63) is 29.8 Å². The molecule has 0 radical (unpaired) electrons. The lowest BCUT2D eigenvalue weighted by Crippen LogP contribution is -2.36. The van der Waals surface area contributed by atoms with Crippen molar-refractivity contribution in [2.75, 3.05) is 0 Å². The Bertz CT molecular complexity index is 604. The van der Waals surface area contributed by atoms with Crippen LogP contribution in [0, 0.1) is 5.92 Å². The van der Waals surface area contributed by atoms with Gasteiger partial charge in [0.1, 0.15) is 0 Å². The van der Waals surface area contributed by atoms with E-state index in [0.717, 1.165) is 12.8 Å². The molecule has 6 heteroatoms. The van der Waals surface area contributed by atoms with E-state index in [1.807, 2.05) is 20.8 Å². The quantitative estimate of drug-likeness (QED) is 0.842. The lowest BCUT2D eigenvalue weighted by molar-refractivity contribution is 0.0930. The van der Waals surface area contributed by atoms with Gasteiger partial charge in [0.2, 0.25) is 10.0 Å². The Labute approximate surface area is 126 Å². The molecular formula is C15H22N2O3S. The minimum atomic E-state index is -3.46. The lowest BCUT2D eigenvalue weighted by Gasteiger charge is -2.17. The molecule has 0 bridgehead atoms. The molecule has 1 aliphatic carbocycles. The van der Waals surface area contributed by atoms with E-state index >= 15 is 0 Å². The van der Waals surface area contributed by atoms with Crippen molar-refractivity contribution in [2.24, 2.45) is 5.92 Å². The van der Waals surface area contributed by atoms with Gasteiger partial charge in [-0.25, -0.2) is 13.1 Å². The fraction of sp³-hybridized carbons (Fsp3) is 0.533. The first-order chi connectivity index (χ1) is 9.79. The molecule has 2 N–H and O–H groups in total. The first-order valence-electron chi connectivity index (χ1n) is 7.23. The van der Waals surface area contributed by atoms with Crippen molar-refractivity contribution < 1.29 is 13.2 Å². The highest BCUT2D eigenvalue weighted by Crippen LogP contribution is 2.22. The fourth-order valence-electron chi connectivity index (χ4n) is 1.73. The molecule has 1 saturated carbocycles. The van der Waals surface area contributed by atoms with E-state index in [0.29, 0.717) is 11.5 Å². The summed E-state index contributed by atoms with van der Waals surface area (Å²) in [6.45, 7) is 6.01. The highest BCUT2D eigenvalue weighted by Gasteiger charge is 2.28. The SMILES string of the molecule is CC(C)C(C)NC(=O)c1ccc(S(=O)(=O)NC2CC2)cc1. The third-order valence-electron chi connectivity index (χ3n) is 3.68. The monoisotopic (exact) mass is 310 g/mol. The van der Waals surface area contributed by atoms with Gasteiger partial charge in [-0.05, 0) is 49.9 Å². The number of carbonyl (C=O) groups excluding carboxylic acids is 1. The van der Waals surface area contributed by atoms with Gasteiger partial charge < -0.3 is 5.32 Å². The molecule has 1 aliphatic rings. The van der Waals surface area contributed by atoms with E-state index in [1.54, 1.807) is 12.1 Å². The zero-order valence-corrected chi connectivity index (χ0v) is 13.4. The van der Waals surface area contributed by atoms with Crippen molar-refractivity contribution >= 4 is 15.9 Å². The number of sulfonamides is 1. The maximum absolute atomic E-state index is 12.0. The van der Waals surface area contributed by atoms with E-state index in [2.05, 4.69) is 10.0 Å². The zero-order valence-electron chi connectivity index (χ0n) is 12.6. The summed E-state index contributed by atoms with van der Waals surface area (Å²) in [5.74, 6) is 0.159. The second-order valence-corrected chi connectivity index (χ2v) is 7.64. The van der Waals surface area contributed by atoms with Crippen LogP contribution in [0.4, 0.5) is 0 Å². The second-order valence-electron chi connectivity index (χ2n) is 5.93. The van der Waals surface area contributed by atoms with Crippen LogP contribution < -0.4 is 10.0 Å². The van der Waals surface area contributed by atoms with Crippen LogP contribution in [0.25, 0.3) is 0 Å². The van der Waals surface area contributed by atoms with Gasteiger partial charge in [-0.3, -0.25) is 4.79 Å². The van der Waals surface area contributed by atoms with Crippen molar-refractivity contribution in [1.29, 1.82) is 0 Å². The molecule has 2 rings (SSSR count). The summed E-state index contributed by atoms with van der Waals surface area (Å²) in [5.41, 5.74) is 0.466. The average molecular weight is 310 g/mol. The minimum Gasteiger partial charge on any atom is -0.349 e. The Kier molecular flexibility index (Phi) is 4.68. The Morgan fingerprint density at radius 2 is 1.71 bits per heavy atom. The van der Waals surface area contributed by atoms with Gasteiger partial charge in [-0.1, -0.05) is 13.8 Å². The van der Waals surface area contributed by atoms with Crippen LogP contribution in [0.2, 0.25) is 0 Å². The Balaban J connectivity index is 2.06. The highest BCUT2D eigenvalue weighted by atomic mass is 32.2. The lowest BCUT2D eigenvalue weighted by atomic mass is 10.1. The Hall–Kier alpha value is -1.40. The standard InChI is InChI=1S/C15H22N2O3S/c1-10(2)11(3)16-15(18)12-4-8-14(9-5-12)21(19,20)17-13-6-7-13/h4-5,8-11,13,17H,6-7H2,1-3H3,(H,16,18). The Morgan fingerprint density at radius 3 is 2.19 bits per heavy atom. The van der Waals surface area contributed by atoms with E-state index in [-0.39, 0.29) is 22.9 Å². The number of amides is 1. The molecule has 1 unspecified atom stereocenters. The van der Waals surface area contributed by atoms with Crippen molar-refractivity contribution in [3.8, 4) is 0 Å². The van der Waals surface area contributed by atoms with Gasteiger partial charge in [0.15, 0.2) is 0 Å². The van der Waals surface area contributed by atoms with Gasteiger partial charge in [0, 0.05) is 17.6 Å².